The Balaban J connectivity index is 1.53. The lowest BCUT2D eigenvalue weighted by molar-refractivity contribution is -0.377. The highest BCUT2D eigenvalue weighted by molar-refractivity contribution is 5.78. The molecule has 1 aromatic heterocycles. The van der Waals surface area contributed by atoms with Crippen molar-refractivity contribution < 1.29 is 14.5 Å². The van der Waals surface area contributed by atoms with Gasteiger partial charge in [-0.2, -0.15) is 0 Å². The van der Waals surface area contributed by atoms with Gasteiger partial charge in [0.15, 0.2) is 19.0 Å². The monoisotopic (exact) mass is 340 g/mol. The van der Waals surface area contributed by atoms with Gasteiger partial charge in [-0.3, -0.25) is 4.79 Å². The minimum Gasteiger partial charge on any atom is -0.483 e. The van der Waals surface area contributed by atoms with E-state index < -0.39 is 0 Å². The Bertz CT molecular complexity index is 715. The number of aromatic amines is 1. The van der Waals surface area contributed by atoms with Crippen molar-refractivity contribution in [1.82, 2.24) is 4.90 Å². The topological polar surface area (TPSA) is 46.9 Å². The van der Waals surface area contributed by atoms with Crippen LogP contribution in [0.2, 0.25) is 0 Å². The smallest absolute Gasteiger partial charge is 0.260 e. The summed E-state index contributed by atoms with van der Waals surface area (Å²) in [6, 6.07) is 8.29. The molecule has 0 spiro atoms. The number of nitrogens with zero attached hydrogens (tertiary/aromatic N) is 2. The average molecular weight is 340 g/mol. The van der Waals surface area contributed by atoms with E-state index in [1.54, 1.807) is 0 Å². The molecule has 25 heavy (non-hydrogen) atoms. The van der Waals surface area contributed by atoms with Gasteiger partial charge in [0.2, 0.25) is 0 Å². The first-order valence-corrected chi connectivity index (χ1v) is 8.74. The number of pyridine rings is 1. The highest BCUT2D eigenvalue weighted by atomic mass is 16.5. The number of benzene rings is 1. The van der Waals surface area contributed by atoms with Gasteiger partial charge >= 0.3 is 0 Å². The van der Waals surface area contributed by atoms with Gasteiger partial charge < -0.3 is 14.5 Å². The molecule has 1 amide bonds. The second-order valence-corrected chi connectivity index (χ2v) is 6.64. The number of carbonyl (C=O) groups is 1. The molecule has 0 atom stereocenters. The molecule has 0 saturated carbocycles. The predicted octanol–water partition coefficient (Wildman–Crippen LogP) is 2.15. The van der Waals surface area contributed by atoms with E-state index in [1.165, 1.54) is 11.3 Å². The van der Waals surface area contributed by atoms with Crippen molar-refractivity contribution in [2.24, 2.45) is 0 Å². The summed E-state index contributed by atoms with van der Waals surface area (Å²) >= 11 is 0. The zero-order valence-corrected chi connectivity index (χ0v) is 15.2. The minimum absolute atomic E-state index is 0.0559. The largest absolute Gasteiger partial charge is 0.483 e. The fourth-order valence-corrected chi connectivity index (χ4v) is 3.42. The second-order valence-electron chi connectivity index (χ2n) is 6.64. The Morgan fingerprint density at radius 2 is 1.64 bits per heavy atom. The molecule has 5 heteroatoms. The maximum atomic E-state index is 12.5. The van der Waals surface area contributed by atoms with Gasteiger partial charge in [0.05, 0.1) is 0 Å². The van der Waals surface area contributed by atoms with Gasteiger partial charge in [-0.1, -0.05) is 17.7 Å². The number of aromatic nitrogens is 1. The van der Waals surface area contributed by atoms with E-state index in [0.717, 1.165) is 43.1 Å². The number of ether oxygens (including phenoxy) is 1. The lowest BCUT2D eigenvalue weighted by Gasteiger charge is -2.35. The van der Waals surface area contributed by atoms with Crippen LogP contribution in [0.1, 0.15) is 16.7 Å². The number of anilines is 1. The van der Waals surface area contributed by atoms with E-state index >= 15 is 0 Å². The molecule has 2 aromatic rings. The van der Waals surface area contributed by atoms with Crippen LogP contribution in [0, 0.1) is 20.8 Å². The summed E-state index contributed by atoms with van der Waals surface area (Å²) in [7, 11) is 0. The van der Waals surface area contributed by atoms with Crippen LogP contribution in [-0.4, -0.2) is 43.6 Å². The first-order chi connectivity index (χ1) is 12.0. The van der Waals surface area contributed by atoms with Crippen LogP contribution in [0.3, 0.4) is 0 Å². The van der Waals surface area contributed by atoms with Crippen LogP contribution in [0.5, 0.6) is 5.75 Å². The van der Waals surface area contributed by atoms with Crippen molar-refractivity contribution in [2.45, 2.75) is 20.8 Å². The van der Waals surface area contributed by atoms with E-state index in [0.29, 0.717) is 0 Å². The van der Waals surface area contributed by atoms with Crippen LogP contribution < -0.4 is 14.6 Å². The summed E-state index contributed by atoms with van der Waals surface area (Å²) in [5, 5.41) is 0. The van der Waals surface area contributed by atoms with Crippen LogP contribution in [0.15, 0.2) is 36.7 Å². The van der Waals surface area contributed by atoms with Gasteiger partial charge in [-0.25, -0.2) is 4.98 Å². The third-order valence-corrected chi connectivity index (χ3v) is 4.64. The van der Waals surface area contributed by atoms with Gasteiger partial charge in [0.25, 0.3) is 5.91 Å². The molecule has 0 unspecified atom stereocenters. The van der Waals surface area contributed by atoms with Gasteiger partial charge in [-0.15, -0.1) is 0 Å². The summed E-state index contributed by atoms with van der Waals surface area (Å²) in [5.41, 5.74) is 4.56. The summed E-state index contributed by atoms with van der Waals surface area (Å²) in [5.74, 6) is 0.888. The van der Waals surface area contributed by atoms with Crippen molar-refractivity contribution in [3.63, 3.8) is 0 Å². The Hall–Kier alpha value is -2.56. The Morgan fingerprint density at radius 3 is 2.24 bits per heavy atom. The standard InChI is InChI=1S/C20H25N3O2/c1-15-12-16(2)20(17(3)13-15)25-14-19(24)23-10-8-22(9-11-23)18-4-6-21-7-5-18/h4-7,12-13H,8-11,14H2,1-3H3/p+1. The summed E-state index contributed by atoms with van der Waals surface area (Å²) in [4.78, 5) is 19.7. The number of piperazine rings is 1. The second kappa shape index (κ2) is 7.55. The zero-order chi connectivity index (χ0) is 17.8. The molecule has 1 fully saturated rings. The molecule has 1 aliphatic heterocycles. The van der Waals surface area contributed by atoms with Gasteiger partial charge in [0, 0.05) is 44.0 Å². The van der Waals surface area contributed by atoms with E-state index in [2.05, 4.69) is 41.1 Å². The molecular weight excluding hydrogens is 314 g/mol. The first kappa shape index (κ1) is 17.3. The molecule has 1 aromatic carbocycles. The predicted molar refractivity (Wildman–Crippen MR) is 97.9 cm³/mol. The lowest BCUT2D eigenvalue weighted by atomic mass is 10.1. The molecule has 1 N–H and O–H groups in total. The molecule has 0 radical (unpaired) electrons. The van der Waals surface area contributed by atoms with Gasteiger partial charge in [0.1, 0.15) is 5.75 Å². The molecule has 0 aliphatic carbocycles. The van der Waals surface area contributed by atoms with Crippen molar-refractivity contribution in [3.8, 4) is 5.75 Å². The Kier molecular flexibility index (Phi) is 5.22. The average Bonchev–Trinajstić information content (AvgIpc) is 2.61. The van der Waals surface area contributed by atoms with Gasteiger partial charge in [-0.05, 0) is 31.9 Å². The number of H-pyrrole nitrogens is 1. The minimum atomic E-state index is 0.0559. The number of amides is 1. The van der Waals surface area contributed by atoms with Crippen LogP contribution >= 0.6 is 0 Å². The fraction of sp³-hybridized carbons (Fsp3) is 0.400. The third kappa shape index (κ3) is 4.10. The Morgan fingerprint density at radius 1 is 1.04 bits per heavy atom. The maximum Gasteiger partial charge on any atom is 0.260 e. The van der Waals surface area contributed by atoms with E-state index in [-0.39, 0.29) is 12.5 Å². The van der Waals surface area contributed by atoms with E-state index in [1.807, 2.05) is 31.1 Å². The van der Waals surface area contributed by atoms with E-state index in [4.69, 9.17) is 4.74 Å². The molecule has 1 saturated heterocycles. The SMILES string of the molecule is Cc1cc(C)c(OCC(=O)N2CCN(c3cc[nH+]cc3)CC2)c(C)c1. The number of aryl methyl sites for hydroxylation is 3. The zero-order valence-electron chi connectivity index (χ0n) is 15.2. The highest BCUT2D eigenvalue weighted by Gasteiger charge is 2.22. The molecule has 5 nitrogen and oxygen atoms in total. The molecule has 1 aliphatic rings. The van der Waals surface area contributed by atoms with Crippen molar-refractivity contribution in [1.29, 1.82) is 0 Å². The summed E-state index contributed by atoms with van der Waals surface area (Å²) in [6.07, 6.45) is 3.85. The lowest BCUT2D eigenvalue weighted by Crippen LogP contribution is -2.50. The first-order valence-electron chi connectivity index (χ1n) is 8.74. The number of hydrogen-bond donors (Lipinski definition) is 0. The van der Waals surface area contributed by atoms with E-state index in [9.17, 15) is 4.79 Å². The Labute approximate surface area is 149 Å². The molecule has 3 rings (SSSR count). The van der Waals surface area contributed by atoms with Crippen LogP contribution in [0.25, 0.3) is 0 Å². The summed E-state index contributed by atoms with van der Waals surface area (Å²) < 4.78 is 5.84. The molecular formula is C20H26N3O2+. The van der Waals surface area contributed by atoms with Crippen molar-refractivity contribution in [3.05, 3.63) is 53.3 Å². The van der Waals surface area contributed by atoms with Crippen molar-refractivity contribution in [2.75, 3.05) is 37.7 Å². The maximum absolute atomic E-state index is 12.5. The molecule has 0 bridgehead atoms. The van der Waals surface area contributed by atoms with Crippen LogP contribution in [-0.2, 0) is 4.79 Å². The van der Waals surface area contributed by atoms with Crippen molar-refractivity contribution >= 4 is 11.6 Å². The number of rotatable bonds is 4. The number of hydrogen-bond acceptors (Lipinski definition) is 3. The van der Waals surface area contributed by atoms with Crippen LogP contribution in [0.4, 0.5) is 5.69 Å². The summed E-state index contributed by atoms with van der Waals surface area (Å²) in [6.45, 7) is 9.37. The normalized spacial score (nSPS) is 14.5. The fourth-order valence-electron chi connectivity index (χ4n) is 3.42. The quantitative estimate of drug-likeness (QED) is 0.857. The third-order valence-electron chi connectivity index (χ3n) is 4.64. The molecule has 132 valence electrons. The molecule has 2 heterocycles. The highest BCUT2D eigenvalue weighted by Crippen LogP contribution is 2.24. The number of carbonyl (C=O) groups excluding carboxylic acids is 1. The number of nitrogens with one attached hydrogen (secondary N) is 1.